The molecule has 37 heavy (non-hydrogen) atoms. The maximum atomic E-state index is 13.8. The van der Waals surface area contributed by atoms with Crippen LogP contribution in [0.1, 0.15) is 63.5 Å². The highest BCUT2D eigenvalue weighted by molar-refractivity contribution is 7.99. The molecule has 2 aliphatic rings. The maximum absolute atomic E-state index is 13.8. The van der Waals surface area contributed by atoms with Crippen molar-refractivity contribution in [3.8, 4) is 5.75 Å². The van der Waals surface area contributed by atoms with Crippen LogP contribution in [0.2, 0.25) is 5.02 Å². The van der Waals surface area contributed by atoms with Gasteiger partial charge in [0.15, 0.2) is 5.78 Å². The summed E-state index contributed by atoms with van der Waals surface area (Å²) in [5.41, 5.74) is 4.55. The zero-order chi connectivity index (χ0) is 26.5. The van der Waals surface area contributed by atoms with Crippen LogP contribution in [0, 0.1) is 0 Å². The van der Waals surface area contributed by atoms with Crippen LogP contribution in [0.15, 0.2) is 71.1 Å². The molecular weight excluding hydrogens is 506 g/mol. The molecule has 4 rings (SSSR count). The number of rotatable bonds is 9. The van der Waals surface area contributed by atoms with Crippen molar-refractivity contribution in [2.45, 2.75) is 58.5 Å². The van der Waals surface area contributed by atoms with Crippen LogP contribution in [0.4, 0.5) is 0 Å². The zero-order valence-corrected chi connectivity index (χ0v) is 23.4. The van der Waals surface area contributed by atoms with Gasteiger partial charge in [-0.3, -0.25) is 4.79 Å². The number of halogens is 1. The van der Waals surface area contributed by atoms with Gasteiger partial charge in [-0.25, -0.2) is 4.79 Å². The smallest absolute Gasteiger partial charge is 0.336 e. The molecule has 1 aliphatic carbocycles. The minimum absolute atomic E-state index is 0.0254. The molecule has 5 nitrogen and oxygen atoms in total. The number of dihydropyridines is 1. The van der Waals surface area contributed by atoms with Gasteiger partial charge in [0.25, 0.3) is 0 Å². The van der Waals surface area contributed by atoms with Crippen molar-refractivity contribution in [1.82, 2.24) is 5.32 Å². The fourth-order valence-corrected chi connectivity index (χ4v) is 5.70. The van der Waals surface area contributed by atoms with Crippen LogP contribution < -0.4 is 10.1 Å². The molecule has 0 saturated heterocycles. The third-order valence-electron chi connectivity index (χ3n) is 6.65. The molecule has 2 aromatic rings. The molecule has 1 heterocycles. The lowest BCUT2D eigenvalue weighted by Crippen LogP contribution is -2.36. The summed E-state index contributed by atoms with van der Waals surface area (Å²) in [5, 5.41) is 4.09. The average molecular weight is 540 g/mol. The van der Waals surface area contributed by atoms with E-state index in [2.05, 4.69) is 12.2 Å². The van der Waals surface area contributed by atoms with E-state index in [0.29, 0.717) is 47.1 Å². The van der Waals surface area contributed by atoms with Crippen molar-refractivity contribution in [3.05, 3.63) is 87.2 Å². The standard InChI is InChI=1S/C30H34ClNO4S/c1-5-37-15-14-35-30(34)27-19(4)32-24-16-21(20-10-12-22(31)13-11-20)17-25(33)29(24)28(27)23-8-6-7-9-26(23)36-18(2)3/h6-13,18,21,28,32H,5,14-17H2,1-4H3/t21-,28-/m1/s1. The monoisotopic (exact) mass is 539 g/mol. The minimum atomic E-state index is -0.559. The van der Waals surface area contributed by atoms with E-state index in [1.807, 2.05) is 69.3 Å². The number of carbonyl (C=O) groups excluding carboxylic acids is 2. The van der Waals surface area contributed by atoms with Gasteiger partial charge < -0.3 is 14.8 Å². The van der Waals surface area contributed by atoms with Gasteiger partial charge in [0.2, 0.25) is 0 Å². The number of allylic oxidation sites excluding steroid dienone is 3. The molecule has 0 amide bonds. The van der Waals surface area contributed by atoms with E-state index in [-0.39, 0.29) is 17.8 Å². The van der Waals surface area contributed by atoms with E-state index in [1.165, 1.54) is 0 Å². The van der Waals surface area contributed by atoms with Gasteiger partial charge >= 0.3 is 5.97 Å². The lowest BCUT2D eigenvalue weighted by Gasteiger charge is -2.37. The van der Waals surface area contributed by atoms with Crippen LogP contribution in [-0.2, 0) is 14.3 Å². The second-order valence-electron chi connectivity index (χ2n) is 9.61. The molecule has 0 radical (unpaired) electrons. The molecule has 2 aromatic carbocycles. The first-order valence-electron chi connectivity index (χ1n) is 12.8. The molecule has 0 aromatic heterocycles. The van der Waals surface area contributed by atoms with Crippen LogP contribution in [0.25, 0.3) is 0 Å². The van der Waals surface area contributed by atoms with Gasteiger partial charge in [-0.15, -0.1) is 0 Å². The summed E-state index contributed by atoms with van der Waals surface area (Å²) in [4.78, 5) is 27.3. The van der Waals surface area contributed by atoms with Crippen LogP contribution >= 0.6 is 23.4 Å². The first-order chi connectivity index (χ1) is 17.8. The number of esters is 1. The third-order valence-corrected chi connectivity index (χ3v) is 7.76. The summed E-state index contributed by atoms with van der Waals surface area (Å²) >= 11 is 7.82. The van der Waals surface area contributed by atoms with Crippen molar-refractivity contribution in [1.29, 1.82) is 0 Å². The predicted molar refractivity (Wildman–Crippen MR) is 150 cm³/mol. The minimum Gasteiger partial charge on any atom is -0.491 e. The maximum Gasteiger partial charge on any atom is 0.336 e. The van der Waals surface area contributed by atoms with E-state index in [1.54, 1.807) is 11.8 Å². The Kier molecular flexibility index (Phi) is 9.04. The number of thioether (sulfide) groups is 1. The number of para-hydroxylation sites is 1. The Bertz CT molecular complexity index is 1220. The Morgan fingerprint density at radius 3 is 2.57 bits per heavy atom. The van der Waals surface area contributed by atoms with E-state index in [4.69, 9.17) is 21.1 Å². The van der Waals surface area contributed by atoms with E-state index in [0.717, 1.165) is 28.3 Å². The molecule has 2 atom stereocenters. The van der Waals surface area contributed by atoms with Crippen molar-refractivity contribution in [2.75, 3.05) is 18.1 Å². The fourth-order valence-electron chi connectivity index (χ4n) is 5.09. The topological polar surface area (TPSA) is 64.6 Å². The van der Waals surface area contributed by atoms with Crippen molar-refractivity contribution in [2.24, 2.45) is 0 Å². The number of ether oxygens (including phenoxy) is 2. The number of hydrogen-bond acceptors (Lipinski definition) is 6. The fraction of sp³-hybridized carbons (Fsp3) is 0.400. The second-order valence-corrected chi connectivity index (χ2v) is 11.4. The molecule has 0 unspecified atom stereocenters. The first kappa shape index (κ1) is 27.3. The largest absolute Gasteiger partial charge is 0.491 e. The Balaban J connectivity index is 1.76. The van der Waals surface area contributed by atoms with Crippen molar-refractivity contribution in [3.63, 3.8) is 0 Å². The number of benzene rings is 2. The first-order valence-corrected chi connectivity index (χ1v) is 14.3. The van der Waals surface area contributed by atoms with Gasteiger partial charge in [-0.1, -0.05) is 48.9 Å². The van der Waals surface area contributed by atoms with Gasteiger partial charge in [0, 0.05) is 39.7 Å². The Labute approximate surface area is 228 Å². The number of ketones is 1. The highest BCUT2D eigenvalue weighted by Gasteiger charge is 2.42. The van der Waals surface area contributed by atoms with E-state index in [9.17, 15) is 9.59 Å². The summed E-state index contributed by atoms with van der Waals surface area (Å²) in [6.07, 6.45) is 0.971. The number of carbonyl (C=O) groups is 2. The van der Waals surface area contributed by atoms with E-state index >= 15 is 0 Å². The second kappa shape index (κ2) is 12.2. The Hall–Kier alpha value is -2.70. The summed E-state index contributed by atoms with van der Waals surface area (Å²) in [6, 6.07) is 15.4. The molecule has 196 valence electrons. The van der Waals surface area contributed by atoms with Crippen molar-refractivity contribution < 1.29 is 19.1 Å². The summed E-state index contributed by atoms with van der Waals surface area (Å²) in [7, 11) is 0. The lowest BCUT2D eigenvalue weighted by atomic mass is 9.71. The molecule has 0 fully saturated rings. The lowest BCUT2D eigenvalue weighted by molar-refractivity contribution is -0.138. The van der Waals surface area contributed by atoms with E-state index < -0.39 is 11.9 Å². The van der Waals surface area contributed by atoms with Crippen molar-refractivity contribution >= 4 is 35.1 Å². The van der Waals surface area contributed by atoms with Crippen LogP contribution in [0.3, 0.4) is 0 Å². The molecule has 7 heteroatoms. The number of nitrogens with one attached hydrogen (secondary N) is 1. The Morgan fingerprint density at radius 2 is 1.86 bits per heavy atom. The highest BCUT2D eigenvalue weighted by atomic mass is 35.5. The predicted octanol–water partition coefficient (Wildman–Crippen LogP) is 6.79. The number of hydrogen-bond donors (Lipinski definition) is 1. The Morgan fingerprint density at radius 1 is 1.14 bits per heavy atom. The average Bonchev–Trinajstić information content (AvgIpc) is 2.86. The van der Waals surface area contributed by atoms with Crippen LogP contribution in [-0.4, -0.2) is 36.0 Å². The number of Topliss-reactive ketones (excluding diaryl/α,β-unsaturated/α-hetero) is 1. The zero-order valence-electron chi connectivity index (χ0n) is 21.8. The molecule has 0 spiro atoms. The van der Waals surface area contributed by atoms with Crippen LogP contribution in [0.5, 0.6) is 5.75 Å². The van der Waals surface area contributed by atoms with Gasteiger partial charge in [-0.05, 0) is 62.6 Å². The van der Waals surface area contributed by atoms with Gasteiger partial charge in [-0.2, -0.15) is 11.8 Å². The molecule has 1 aliphatic heterocycles. The molecule has 0 saturated carbocycles. The van der Waals surface area contributed by atoms with Gasteiger partial charge in [0.1, 0.15) is 12.4 Å². The SMILES string of the molecule is CCSCCOC(=O)C1=C(C)NC2=C(C(=O)C[C@H](c3ccc(Cl)cc3)C2)[C@@H]1c1ccccc1OC(C)C. The quantitative estimate of drug-likeness (QED) is 0.280. The normalized spacial score (nSPS) is 19.6. The summed E-state index contributed by atoms with van der Waals surface area (Å²) < 4.78 is 11.8. The summed E-state index contributed by atoms with van der Waals surface area (Å²) in [6.45, 7) is 8.22. The molecule has 1 N–H and O–H groups in total. The third kappa shape index (κ3) is 6.24. The molecule has 0 bridgehead atoms. The highest BCUT2D eigenvalue weighted by Crippen LogP contribution is 2.47. The summed E-state index contributed by atoms with van der Waals surface area (Å²) in [5.74, 6) is 1.46. The van der Waals surface area contributed by atoms with Gasteiger partial charge in [0.05, 0.1) is 17.6 Å². The molecular formula is C30H34ClNO4S.